The zero-order chi connectivity index (χ0) is 45.9. The molecule has 0 saturated heterocycles. The molecule has 3 nitrogen and oxygen atoms in total. The molecule has 332 valence electrons. The van der Waals surface area contributed by atoms with Gasteiger partial charge < -0.3 is 14.7 Å². The van der Waals surface area contributed by atoms with E-state index in [2.05, 4.69) is 226 Å². The van der Waals surface area contributed by atoms with Gasteiger partial charge in [-0.3, -0.25) is 0 Å². The second kappa shape index (κ2) is 13.9. The Balaban J connectivity index is 1.12. The largest absolute Gasteiger partial charge is 0.334 e. The molecule has 4 heterocycles. The van der Waals surface area contributed by atoms with E-state index < -0.39 is 0 Å². The molecule has 4 aliphatic heterocycles. The van der Waals surface area contributed by atoms with E-state index in [4.69, 9.17) is 0 Å². The molecule has 0 radical (unpaired) electrons. The summed E-state index contributed by atoms with van der Waals surface area (Å²) in [5.41, 5.74) is 26.5. The topological polar surface area (TPSA) is 9.72 Å². The molecule has 8 aromatic carbocycles. The van der Waals surface area contributed by atoms with Gasteiger partial charge in [0, 0.05) is 50.6 Å². The van der Waals surface area contributed by atoms with Gasteiger partial charge in [0.25, 0.3) is 6.71 Å². The van der Waals surface area contributed by atoms with Gasteiger partial charge in [0.2, 0.25) is 0 Å². The number of anilines is 7. The fourth-order valence-electron chi connectivity index (χ4n) is 15.3. The highest BCUT2D eigenvalue weighted by Crippen LogP contribution is 2.66. The Morgan fingerprint density at radius 1 is 0.471 bits per heavy atom. The number of benzene rings is 8. The van der Waals surface area contributed by atoms with Crippen LogP contribution in [0.1, 0.15) is 93.2 Å². The van der Waals surface area contributed by atoms with Crippen LogP contribution in [0, 0.1) is 13.8 Å². The van der Waals surface area contributed by atoms with Crippen molar-refractivity contribution in [1.29, 1.82) is 0 Å². The van der Waals surface area contributed by atoms with Gasteiger partial charge in [-0.1, -0.05) is 160 Å². The van der Waals surface area contributed by atoms with Crippen LogP contribution in [-0.4, -0.2) is 12.3 Å². The number of para-hydroxylation sites is 1. The number of hydrogen-bond donors (Lipinski definition) is 0. The van der Waals surface area contributed by atoms with Gasteiger partial charge in [0.1, 0.15) is 0 Å². The van der Waals surface area contributed by atoms with E-state index >= 15 is 0 Å². The fourth-order valence-corrected chi connectivity index (χ4v) is 15.3. The lowest BCUT2D eigenvalue weighted by Gasteiger charge is -2.54. The summed E-state index contributed by atoms with van der Waals surface area (Å²) in [7, 11) is 0. The predicted molar refractivity (Wildman–Crippen MR) is 287 cm³/mol. The molecule has 2 aliphatic carbocycles. The van der Waals surface area contributed by atoms with Gasteiger partial charge in [-0.15, -0.1) is 0 Å². The summed E-state index contributed by atoms with van der Waals surface area (Å²) in [5.74, 6) is 0. The van der Waals surface area contributed by atoms with Crippen LogP contribution >= 0.6 is 0 Å². The van der Waals surface area contributed by atoms with Crippen molar-refractivity contribution in [2.75, 3.05) is 14.7 Å². The highest BCUT2D eigenvalue weighted by atomic mass is 15.3. The van der Waals surface area contributed by atoms with Crippen molar-refractivity contribution >= 4 is 62.9 Å². The molecule has 0 spiro atoms. The number of aryl methyl sites for hydroxylation is 3. The van der Waals surface area contributed by atoms with Crippen LogP contribution in [0.4, 0.5) is 39.8 Å². The first-order valence-electron chi connectivity index (χ1n) is 25.3. The number of fused-ring (bicyclic) bond motifs is 12. The minimum absolute atomic E-state index is 0.00913. The van der Waals surface area contributed by atoms with Gasteiger partial charge in [-0.2, -0.15) is 0 Å². The average molecular weight is 880 g/mol. The predicted octanol–water partition coefficient (Wildman–Crippen LogP) is 14.3. The van der Waals surface area contributed by atoms with Crippen LogP contribution in [0.3, 0.4) is 0 Å². The summed E-state index contributed by atoms with van der Waals surface area (Å²) in [6, 6.07) is 65.6. The van der Waals surface area contributed by atoms with Crippen molar-refractivity contribution in [2.24, 2.45) is 0 Å². The summed E-state index contributed by atoms with van der Waals surface area (Å²) in [6.45, 7) is 15.1. The molecule has 1 saturated carbocycles. The second-order valence-electron chi connectivity index (χ2n) is 22.0. The van der Waals surface area contributed by atoms with Crippen LogP contribution in [0.5, 0.6) is 0 Å². The molecule has 0 amide bonds. The van der Waals surface area contributed by atoms with Gasteiger partial charge >= 0.3 is 0 Å². The molecule has 4 atom stereocenters. The van der Waals surface area contributed by atoms with Crippen molar-refractivity contribution in [3.05, 3.63) is 203 Å². The molecule has 4 unspecified atom stereocenters. The van der Waals surface area contributed by atoms with Crippen molar-refractivity contribution < 1.29 is 0 Å². The monoisotopic (exact) mass is 879 g/mol. The zero-order valence-corrected chi connectivity index (χ0v) is 40.3. The lowest BCUT2D eigenvalue weighted by molar-refractivity contribution is 0.194. The molecule has 4 heteroatoms. The molecule has 0 aromatic heterocycles. The first kappa shape index (κ1) is 40.3. The fraction of sp³-hybridized carbons (Fsp3) is 0.250. The highest BCUT2D eigenvalue weighted by molar-refractivity contribution is 7.00. The van der Waals surface area contributed by atoms with E-state index in [9.17, 15) is 0 Å². The van der Waals surface area contributed by atoms with Crippen molar-refractivity contribution in [3.63, 3.8) is 0 Å². The first-order chi connectivity index (χ1) is 33.0. The van der Waals surface area contributed by atoms with Gasteiger partial charge in [0.05, 0.1) is 11.1 Å². The van der Waals surface area contributed by atoms with Crippen LogP contribution in [0.25, 0.3) is 22.3 Å². The Morgan fingerprint density at radius 3 is 1.94 bits per heavy atom. The van der Waals surface area contributed by atoms with Crippen LogP contribution < -0.4 is 31.1 Å². The number of rotatable bonds is 4. The van der Waals surface area contributed by atoms with Gasteiger partial charge in [-0.05, 0) is 162 Å². The van der Waals surface area contributed by atoms with Crippen molar-refractivity contribution in [1.82, 2.24) is 0 Å². The molecule has 0 N–H and O–H groups in total. The molecule has 68 heavy (non-hydrogen) atoms. The Bertz CT molecular complexity index is 3430. The lowest BCUT2D eigenvalue weighted by atomic mass is 9.33. The second-order valence-corrected chi connectivity index (χ2v) is 22.0. The van der Waals surface area contributed by atoms with Crippen LogP contribution in [0.2, 0.25) is 0 Å². The summed E-state index contributed by atoms with van der Waals surface area (Å²) in [6.07, 6.45) is 7.03. The normalized spacial score (nSPS) is 24.4. The maximum atomic E-state index is 2.89. The van der Waals surface area contributed by atoms with Crippen LogP contribution in [0.15, 0.2) is 170 Å². The van der Waals surface area contributed by atoms with Crippen molar-refractivity contribution in [3.8, 4) is 22.3 Å². The van der Waals surface area contributed by atoms with E-state index in [1.54, 1.807) is 5.56 Å². The molecule has 1 fully saturated rings. The molecular formula is C64H58BN3. The lowest BCUT2D eigenvalue weighted by Crippen LogP contribution is -2.64. The van der Waals surface area contributed by atoms with Crippen LogP contribution in [-0.2, 0) is 22.8 Å². The summed E-state index contributed by atoms with van der Waals surface area (Å²) < 4.78 is 0. The number of hydrogen-bond acceptors (Lipinski definition) is 3. The molecule has 14 rings (SSSR count). The average Bonchev–Trinajstić information content (AvgIpc) is 3.71. The Kier molecular flexibility index (Phi) is 8.25. The van der Waals surface area contributed by atoms with Gasteiger partial charge in [0.15, 0.2) is 0 Å². The molecular weight excluding hydrogens is 822 g/mol. The van der Waals surface area contributed by atoms with Crippen molar-refractivity contribution in [2.45, 2.75) is 102 Å². The number of nitrogens with zero attached hydrogens (tertiary/aromatic N) is 3. The SMILES string of the molecule is Cc1cc(C)c2c(c1)N(c1cc3c4c(c1)N1c5c(cccc5C5(C)CCc6ccccc6C15C)B4c1ccc(-c4ccccc4)cc1N3c1cccc(-c3ccccc3)c1)C1(C)CCCCC21C. The van der Waals surface area contributed by atoms with E-state index in [0.717, 1.165) is 19.3 Å². The standard InChI is InChI=1S/C64H58BN3/c1-41-35-42(2)58-55(36-41)67(63(5)33-16-15-32-62(58,63)4)49-39-56-59-57(40-49)68-60-51(61(3)34-31-45-23-13-14-26-50(45)64(61,68)6)27-18-28-53(60)65(59)52-30-29-47(44-21-11-8-12-22-44)38-54(52)66(56)48-25-17-24-46(37-48)43-19-9-7-10-20-43/h7-14,17-30,35-40H,15-16,31-34H2,1-6H3. The minimum Gasteiger partial charge on any atom is -0.334 e. The molecule has 0 bridgehead atoms. The Labute approximate surface area is 403 Å². The van der Waals surface area contributed by atoms with E-state index in [1.807, 2.05) is 0 Å². The smallest absolute Gasteiger partial charge is 0.252 e. The quantitative estimate of drug-likeness (QED) is 0.163. The minimum atomic E-state index is -0.327. The summed E-state index contributed by atoms with van der Waals surface area (Å²) >= 11 is 0. The van der Waals surface area contributed by atoms with E-state index in [0.29, 0.717) is 0 Å². The third kappa shape index (κ3) is 5.01. The Hall–Kier alpha value is -6.78. The molecule has 8 aromatic rings. The van der Waals surface area contributed by atoms with E-state index in [-0.39, 0.29) is 28.6 Å². The first-order valence-corrected chi connectivity index (χ1v) is 25.3. The maximum absolute atomic E-state index is 2.89. The zero-order valence-electron chi connectivity index (χ0n) is 40.3. The third-order valence-electron chi connectivity index (χ3n) is 18.7. The summed E-state index contributed by atoms with van der Waals surface area (Å²) in [4.78, 5) is 8.40. The third-order valence-corrected chi connectivity index (χ3v) is 18.7. The summed E-state index contributed by atoms with van der Waals surface area (Å²) in [5, 5.41) is 0. The van der Waals surface area contributed by atoms with Gasteiger partial charge in [-0.25, -0.2) is 0 Å². The maximum Gasteiger partial charge on any atom is 0.252 e. The van der Waals surface area contributed by atoms with E-state index in [1.165, 1.54) is 126 Å². The molecule has 6 aliphatic rings. The highest BCUT2D eigenvalue weighted by Gasteiger charge is 2.64. The Morgan fingerprint density at radius 2 is 1.15 bits per heavy atom.